The summed E-state index contributed by atoms with van der Waals surface area (Å²) in [6.07, 6.45) is 1.71. The maximum atomic E-state index is 12.7. The van der Waals surface area contributed by atoms with Crippen LogP contribution in [0.1, 0.15) is 32.3 Å². The average molecular weight is 495 g/mol. The number of amides is 1. The van der Waals surface area contributed by atoms with Crippen molar-refractivity contribution in [1.82, 2.24) is 19.7 Å². The second kappa shape index (κ2) is 11.5. The molecule has 178 valence electrons. The van der Waals surface area contributed by atoms with Gasteiger partial charge in [-0.3, -0.25) is 19.0 Å². The lowest BCUT2D eigenvalue weighted by Crippen LogP contribution is -2.45. The maximum absolute atomic E-state index is 12.7. The Hall–Kier alpha value is -2.59. The van der Waals surface area contributed by atoms with E-state index in [0.717, 1.165) is 23.0 Å². The maximum Gasteiger partial charge on any atom is 0.317 e. The van der Waals surface area contributed by atoms with E-state index in [-0.39, 0.29) is 23.5 Å². The Balaban J connectivity index is 1.49. The van der Waals surface area contributed by atoms with E-state index in [1.54, 1.807) is 35.7 Å². The summed E-state index contributed by atoms with van der Waals surface area (Å²) in [5.41, 5.74) is 1.73. The molecule has 0 bridgehead atoms. The van der Waals surface area contributed by atoms with Crippen molar-refractivity contribution in [3.05, 3.63) is 35.1 Å². The van der Waals surface area contributed by atoms with Crippen molar-refractivity contribution >= 4 is 41.2 Å². The zero-order valence-electron chi connectivity index (χ0n) is 18.8. The number of piperidine rings is 1. The molecule has 33 heavy (non-hydrogen) atoms. The molecule has 11 heteroatoms. The summed E-state index contributed by atoms with van der Waals surface area (Å²) in [6.45, 7) is 6.45. The Kier molecular flexibility index (Phi) is 8.74. The van der Waals surface area contributed by atoms with Crippen LogP contribution < -0.4 is 0 Å². The molecule has 0 aliphatic carbocycles. The van der Waals surface area contributed by atoms with Gasteiger partial charge in [0.25, 0.3) is 5.91 Å². The van der Waals surface area contributed by atoms with E-state index in [2.05, 4.69) is 10.2 Å². The predicted molar refractivity (Wildman–Crippen MR) is 123 cm³/mol. The fourth-order valence-electron chi connectivity index (χ4n) is 3.49. The van der Waals surface area contributed by atoms with E-state index >= 15 is 0 Å². The summed E-state index contributed by atoms with van der Waals surface area (Å²) in [5.74, 6) is -1.24. The van der Waals surface area contributed by atoms with Crippen LogP contribution in [0.5, 0.6) is 0 Å². The molecule has 2 heterocycles. The van der Waals surface area contributed by atoms with Crippen molar-refractivity contribution in [2.24, 2.45) is 5.92 Å². The van der Waals surface area contributed by atoms with E-state index in [4.69, 9.17) is 21.1 Å². The van der Waals surface area contributed by atoms with Crippen molar-refractivity contribution in [1.29, 1.82) is 0 Å². The number of aromatic nitrogens is 3. The number of carbonyl (C=O) groups is 3. The van der Waals surface area contributed by atoms with Crippen LogP contribution in [0.15, 0.2) is 29.7 Å². The molecule has 1 aliphatic rings. The molecule has 0 spiro atoms. The van der Waals surface area contributed by atoms with Crippen molar-refractivity contribution < 1.29 is 23.9 Å². The molecule has 2 aromatic rings. The third-order valence-electron chi connectivity index (χ3n) is 5.35. The highest BCUT2D eigenvalue weighted by molar-refractivity contribution is 7.99. The predicted octanol–water partition coefficient (Wildman–Crippen LogP) is 3.05. The van der Waals surface area contributed by atoms with E-state index in [1.165, 1.54) is 0 Å². The minimum atomic E-state index is -0.911. The fraction of sp³-hybridized carbons (Fsp3) is 0.500. The van der Waals surface area contributed by atoms with Crippen LogP contribution in [-0.2, 0) is 23.9 Å². The first-order chi connectivity index (χ1) is 15.8. The lowest BCUT2D eigenvalue weighted by molar-refractivity contribution is -0.159. The molecule has 9 nitrogen and oxygen atoms in total. The molecule has 1 atom stereocenters. The Morgan fingerprint density at radius 2 is 2.00 bits per heavy atom. The quantitative estimate of drug-likeness (QED) is 0.407. The van der Waals surface area contributed by atoms with Gasteiger partial charge in [-0.2, -0.15) is 0 Å². The number of carbonyl (C=O) groups excluding carboxylic acids is 3. The molecule has 1 aliphatic heterocycles. The van der Waals surface area contributed by atoms with Crippen LogP contribution in [0, 0.1) is 12.8 Å². The van der Waals surface area contributed by atoms with Crippen molar-refractivity contribution in [3.63, 3.8) is 0 Å². The second-order valence-corrected chi connectivity index (χ2v) is 9.04. The molecule has 0 N–H and O–H groups in total. The van der Waals surface area contributed by atoms with Gasteiger partial charge >= 0.3 is 11.9 Å². The average Bonchev–Trinajstić information content (AvgIpc) is 3.28. The summed E-state index contributed by atoms with van der Waals surface area (Å²) in [7, 11) is 0. The highest BCUT2D eigenvalue weighted by Gasteiger charge is 2.31. The molecule has 0 saturated carbocycles. The van der Waals surface area contributed by atoms with Gasteiger partial charge in [0.2, 0.25) is 0 Å². The van der Waals surface area contributed by atoms with Gasteiger partial charge < -0.3 is 14.4 Å². The molecule has 0 radical (unpaired) electrons. The van der Waals surface area contributed by atoms with Gasteiger partial charge in [-0.15, -0.1) is 10.2 Å². The van der Waals surface area contributed by atoms with Crippen LogP contribution in [-0.4, -0.2) is 69.1 Å². The van der Waals surface area contributed by atoms with Gasteiger partial charge in [-0.1, -0.05) is 29.4 Å². The van der Waals surface area contributed by atoms with Crippen molar-refractivity contribution in [2.75, 3.05) is 25.4 Å². The standard InChI is InChI=1S/C22H27ClN4O5S/c1-4-31-21(30)16-7-9-26(10-8-16)20(29)15(3)32-19(28)12-33-22-25-24-13-27(22)17-6-5-14(2)18(23)11-17/h5-6,11,13,15-16H,4,7-10,12H2,1-3H3. The number of halogens is 1. The molecule has 1 aromatic heterocycles. The largest absolute Gasteiger partial charge is 0.466 e. The van der Waals surface area contributed by atoms with Crippen molar-refractivity contribution in [3.8, 4) is 5.69 Å². The summed E-state index contributed by atoms with van der Waals surface area (Å²) >= 11 is 7.36. The molecular weight excluding hydrogens is 468 g/mol. The molecule has 1 saturated heterocycles. The second-order valence-electron chi connectivity index (χ2n) is 7.69. The highest BCUT2D eigenvalue weighted by atomic mass is 35.5. The van der Waals surface area contributed by atoms with Crippen molar-refractivity contribution in [2.45, 2.75) is 44.9 Å². The number of hydrogen-bond donors (Lipinski definition) is 0. The van der Waals surface area contributed by atoms with E-state index in [1.807, 2.05) is 19.1 Å². The monoisotopic (exact) mass is 494 g/mol. The number of rotatable bonds is 8. The minimum Gasteiger partial charge on any atom is -0.466 e. The third-order valence-corrected chi connectivity index (χ3v) is 6.68. The topological polar surface area (TPSA) is 104 Å². The first-order valence-corrected chi connectivity index (χ1v) is 12.1. The molecule has 1 unspecified atom stereocenters. The number of likely N-dealkylation sites (tertiary alicyclic amines) is 1. The lowest BCUT2D eigenvalue weighted by atomic mass is 9.97. The molecular formula is C22H27ClN4O5S. The Bertz CT molecular complexity index is 1010. The molecule has 1 aromatic carbocycles. The number of hydrogen-bond acceptors (Lipinski definition) is 8. The Labute approximate surface area is 201 Å². The number of esters is 2. The number of ether oxygens (including phenoxy) is 2. The van der Waals surface area contributed by atoms with Crippen LogP contribution in [0.4, 0.5) is 0 Å². The summed E-state index contributed by atoms with van der Waals surface area (Å²) in [6, 6.07) is 5.58. The van der Waals surface area contributed by atoms with Gasteiger partial charge in [0, 0.05) is 18.1 Å². The van der Waals surface area contributed by atoms with E-state index < -0.39 is 12.1 Å². The molecule has 3 rings (SSSR count). The first-order valence-electron chi connectivity index (χ1n) is 10.7. The number of benzene rings is 1. The van der Waals surface area contributed by atoms with Gasteiger partial charge in [0.05, 0.1) is 24.0 Å². The number of thioether (sulfide) groups is 1. The molecule has 1 amide bonds. The Morgan fingerprint density at radius 3 is 2.67 bits per heavy atom. The zero-order chi connectivity index (χ0) is 24.0. The summed E-state index contributed by atoms with van der Waals surface area (Å²) < 4.78 is 12.1. The number of nitrogens with zero attached hydrogens (tertiary/aromatic N) is 4. The van der Waals surface area contributed by atoms with Gasteiger partial charge in [-0.05, 0) is 51.3 Å². The highest BCUT2D eigenvalue weighted by Crippen LogP contribution is 2.24. The lowest BCUT2D eigenvalue weighted by Gasteiger charge is -2.32. The fourth-order valence-corrected chi connectivity index (χ4v) is 4.38. The van der Waals surface area contributed by atoms with Crippen LogP contribution in [0.3, 0.4) is 0 Å². The van der Waals surface area contributed by atoms with Crippen LogP contribution in [0.25, 0.3) is 5.69 Å². The van der Waals surface area contributed by atoms with Gasteiger partial charge in [-0.25, -0.2) is 0 Å². The zero-order valence-corrected chi connectivity index (χ0v) is 20.4. The normalized spacial score (nSPS) is 15.2. The van der Waals surface area contributed by atoms with Gasteiger partial charge in [0.1, 0.15) is 6.33 Å². The number of aryl methyl sites for hydroxylation is 1. The van der Waals surface area contributed by atoms with E-state index in [0.29, 0.717) is 42.7 Å². The minimum absolute atomic E-state index is 0.0269. The summed E-state index contributed by atoms with van der Waals surface area (Å²) in [5, 5.41) is 9.09. The van der Waals surface area contributed by atoms with E-state index in [9.17, 15) is 14.4 Å². The third kappa shape index (κ3) is 6.48. The van der Waals surface area contributed by atoms with Crippen LogP contribution >= 0.6 is 23.4 Å². The molecule has 1 fully saturated rings. The Morgan fingerprint density at radius 1 is 1.27 bits per heavy atom. The SMILES string of the molecule is CCOC(=O)C1CCN(C(=O)C(C)OC(=O)CSc2nncn2-c2ccc(C)c(Cl)c2)CC1. The first kappa shape index (κ1) is 25.0. The summed E-state index contributed by atoms with van der Waals surface area (Å²) in [4.78, 5) is 38.5. The smallest absolute Gasteiger partial charge is 0.317 e. The van der Waals surface area contributed by atoms with Crippen LogP contribution in [0.2, 0.25) is 5.02 Å². The van der Waals surface area contributed by atoms with Gasteiger partial charge in [0.15, 0.2) is 11.3 Å².